The number of nitrogens with two attached hydrogens (primary N) is 1. The SMILES string of the molecule is CC(NC(N)=O)C(=O)N1CCCC1COc1ccccc1. The molecule has 1 aromatic rings. The molecule has 21 heavy (non-hydrogen) atoms. The Bertz CT molecular complexity index is 492. The molecular formula is C15H21N3O3. The molecule has 1 aliphatic heterocycles. The average Bonchev–Trinajstić information content (AvgIpc) is 2.93. The third-order valence-electron chi connectivity index (χ3n) is 3.57. The fourth-order valence-corrected chi connectivity index (χ4v) is 2.53. The first kappa shape index (κ1) is 15.2. The molecule has 1 fully saturated rings. The number of urea groups is 1. The number of nitrogens with one attached hydrogen (secondary N) is 1. The quantitative estimate of drug-likeness (QED) is 0.852. The maximum absolute atomic E-state index is 12.3. The molecule has 0 saturated carbocycles. The highest BCUT2D eigenvalue weighted by Crippen LogP contribution is 2.20. The summed E-state index contributed by atoms with van der Waals surface area (Å²) in [5.41, 5.74) is 5.05. The number of likely N-dealkylation sites (tertiary alicyclic amines) is 1. The minimum Gasteiger partial charge on any atom is -0.491 e. The van der Waals surface area contributed by atoms with Crippen molar-refractivity contribution in [3.05, 3.63) is 30.3 Å². The number of hydrogen-bond donors (Lipinski definition) is 2. The zero-order valence-electron chi connectivity index (χ0n) is 12.1. The van der Waals surface area contributed by atoms with Crippen LogP contribution in [0.3, 0.4) is 0 Å². The van der Waals surface area contributed by atoms with Crippen molar-refractivity contribution in [1.29, 1.82) is 0 Å². The lowest BCUT2D eigenvalue weighted by Crippen LogP contribution is -2.50. The molecule has 0 aromatic heterocycles. The molecule has 1 saturated heterocycles. The highest BCUT2D eigenvalue weighted by Gasteiger charge is 2.32. The third kappa shape index (κ3) is 4.11. The zero-order valence-corrected chi connectivity index (χ0v) is 12.1. The van der Waals surface area contributed by atoms with Crippen molar-refractivity contribution in [2.45, 2.75) is 31.8 Å². The summed E-state index contributed by atoms with van der Waals surface area (Å²) >= 11 is 0. The van der Waals surface area contributed by atoms with Crippen LogP contribution in [0.2, 0.25) is 0 Å². The van der Waals surface area contributed by atoms with Crippen LogP contribution in [0.15, 0.2) is 30.3 Å². The van der Waals surface area contributed by atoms with Crippen molar-refractivity contribution in [1.82, 2.24) is 10.2 Å². The Kier molecular flexibility index (Phi) is 5.03. The van der Waals surface area contributed by atoms with Gasteiger partial charge in [-0.3, -0.25) is 4.79 Å². The standard InChI is InChI=1S/C15H21N3O3/c1-11(17-15(16)20)14(19)18-9-5-6-12(18)10-21-13-7-3-2-4-8-13/h2-4,7-8,11-12H,5-6,9-10H2,1H3,(H3,16,17,20). The second-order valence-corrected chi connectivity index (χ2v) is 5.18. The van der Waals surface area contributed by atoms with Crippen molar-refractivity contribution in [3.63, 3.8) is 0 Å². The van der Waals surface area contributed by atoms with Gasteiger partial charge in [0.05, 0.1) is 6.04 Å². The molecule has 2 rings (SSSR count). The van der Waals surface area contributed by atoms with Crippen molar-refractivity contribution in [2.75, 3.05) is 13.2 Å². The van der Waals surface area contributed by atoms with Gasteiger partial charge in [0.25, 0.3) is 0 Å². The highest BCUT2D eigenvalue weighted by molar-refractivity contribution is 5.86. The number of benzene rings is 1. The van der Waals surface area contributed by atoms with E-state index >= 15 is 0 Å². The molecule has 6 nitrogen and oxygen atoms in total. The molecule has 1 aliphatic rings. The van der Waals surface area contributed by atoms with Crippen LogP contribution >= 0.6 is 0 Å². The number of primary amides is 1. The summed E-state index contributed by atoms with van der Waals surface area (Å²) in [6, 6.07) is 8.26. The topological polar surface area (TPSA) is 84.7 Å². The molecule has 2 atom stereocenters. The van der Waals surface area contributed by atoms with Crippen LogP contribution in [-0.4, -0.2) is 42.1 Å². The Morgan fingerprint density at radius 2 is 2.14 bits per heavy atom. The van der Waals surface area contributed by atoms with E-state index in [-0.39, 0.29) is 11.9 Å². The van der Waals surface area contributed by atoms with Gasteiger partial charge in [-0.15, -0.1) is 0 Å². The van der Waals surface area contributed by atoms with Crippen molar-refractivity contribution >= 4 is 11.9 Å². The average molecular weight is 291 g/mol. The van der Waals surface area contributed by atoms with E-state index in [1.807, 2.05) is 30.3 Å². The van der Waals surface area contributed by atoms with E-state index in [9.17, 15) is 9.59 Å². The monoisotopic (exact) mass is 291 g/mol. The number of ether oxygens (including phenoxy) is 1. The third-order valence-corrected chi connectivity index (χ3v) is 3.57. The number of hydrogen-bond acceptors (Lipinski definition) is 3. The van der Waals surface area contributed by atoms with Gasteiger partial charge < -0.3 is 20.7 Å². The first-order valence-corrected chi connectivity index (χ1v) is 7.12. The molecule has 0 spiro atoms. The Morgan fingerprint density at radius 3 is 2.81 bits per heavy atom. The van der Waals surface area contributed by atoms with Gasteiger partial charge >= 0.3 is 6.03 Å². The maximum atomic E-state index is 12.3. The summed E-state index contributed by atoms with van der Waals surface area (Å²) in [5.74, 6) is 0.674. The molecule has 0 aliphatic carbocycles. The molecule has 3 N–H and O–H groups in total. The number of carbonyl (C=O) groups is 2. The van der Waals surface area contributed by atoms with Gasteiger partial charge in [-0.05, 0) is 31.9 Å². The van der Waals surface area contributed by atoms with Crippen LogP contribution in [0.1, 0.15) is 19.8 Å². The van der Waals surface area contributed by atoms with Crippen LogP contribution in [0, 0.1) is 0 Å². The molecule has 114 valence electrons. The summed E-state index contributed by atoms with van der Waals surface area (Å²) in [4.78, 5) is 24.9. The Hall–Kier alpha value is -2.24. The first-order chi connectivity index (χ1) is 10.1. The van der Waals surface area contributed by atoms with Gasteiger partial charge in [-0.1, -0.05) is 18.2 Å². The first-order valence-electron chi connectivity index (χ1n) is 7.12. The molecule has 0 bridgehead atoms. The number of para-hydroxylation sites is 1. The molecule has 1 aromatic carbocycles. The lowest BCUT2D eigenvalue weighted by atomic mass is 10.2. The minimum absolute atomic E-state index is 0.0369. The predicted octanol–water partition coefficient (Wildman–Crippen LogP) is 1.11. The molecular weight excluding hydrogens is 270 g/mol. The van der Waals surface area contributed by atoms with Crippen molar-refractivity contribution in [2.24, 2.45) is 5.73 Å². The smallest absolute Gasteiger partial charge is 0.312 e. The van der Waals surface area contributed by atoms with E-state index in [1.165, 1.54) is 0 Å². The maximum Gasteiger partial charge on any atom is 0.312 e. The largest absolute Gasteiger partial charge is 0.491 e. The normalized spacial score (nSPS) is 19.1. The summed E-state index contributed by atoms with van der Waals surface area (Å²) in [7, 11) is 0. The van der Waals surface area contributed by atoms with E-state index < -0.39 is 12.1 Å². The van der Waals surface area contributed by atoms with E-state index in [2.05, 4.69) is 5.32 Å². The minimum atomic E-state index is -0.688. The lowest BCUT2D eigenvalue weighted by Gasteiger charge is -2.27. The number of rotatable bonds is 5. The Balaban J connectivity index is 1.90. The second-order valence-electron chi connectivity index (χ2n) is 5.18. The van der Waals surface area contributed by atoms with Crippen LogP contribution < -0.4 is 15.8 Å². The van der Waals surface area contributed by atoms with Crippen LogP contribution in [-0.2, 0) is 4.79 Å². The van der Waals surface area contributed by atoms with E-state index in [1.54, 1.807) is 11.8 Å². The molecule has 1 heterocycles. The Morgan fingerprint density at radius 1 is 1.43 bits per heavy atom. The Labute approximate surface area is 124 Å². The fourth-order valence-electron chi connectivity index (χ4n) is 2.53. The molecule has 3 amide bonds. The van der Waals surface area contributed by atoms with Crippen LogP contribution in [0.4, 0.5) is 4.79 Å². The fraction of sp³-hybridized carbons (Fsp3) is 0.467. The molecule has 0 radical (unpaired) electrons. The molecule has 6 heteroatoms. The second kappa shape index (κ2) is 6.97. The van der Waals surface area contributed by atoms with Crippen LogP contribution in [0.25, 0.3) is 0 Å². The lowest BCUT2D eigenvalue weighted by molar-refractivity contribution is -0.134. The van der Waals surface area contributed by atoms with Gasteiger partial charge in [0, 0.05) is 6.54 Å². The summed E-state index contributed by atoms with van der Waals surface area (Å²) < 4.78 is 5.73. The predicted molar refractivity (Wildman–Crippen MR) is 78.9 cm³/mol. The molecule has 2 unspecified atom stereocenters. The van der Waals surface area contributed by atoms with Gasteiger partial charge in [0.1, 0.15) is 18.4 Å². The van der Waals surface area contributed by atoms with Gasteiger partial charge in [0.2, 0.25) is 5.91 Å². The summed E-state index contributed by atoms with van der Waals surface area (Å²) in [5, 5.41) is 2.42. The number of nitrogens with zero attached hydrogens (tertiary/aromatic N) is 1. The van der Waals surface area contributed by atoms with Crippen LogP contribution in [0.5, 0.6) is 5.75 Å². The summed E-state index contributed by atoms with van der Waals surface area (Å²) in [6.07, 6.45) is 1.85. The van der Waals surface area contributed by atoms with E-state index in [0.717, 1.165) is 18.6 Å². The van der Waals surface area contributed by atoms with E-state index in [0.29, 0.717) is 13.2 Å². The summed E-state index contributed by atoms with van der Waals surface area (Å²) in [6.45, 7) is 2.78. The number of amides is 3. The van der Waals surface area contributed by atoms with Crippen molar-refractivity contribution in [3.8, 4) is 5.75 Å². The van der Waals surface area contributed by atoms with Gasteiger partial charge in [-0.25, -0.2) is 4.79 Å². The van der Waals surface area contributed by atoms with E-state index in [4.69, 9.17) is 10.5 Å². The van der Waals surface area contributed by atoms with Gasteiger partial charge in [-0.2, -0.15) is 0 Å². The number of carbonyl (C=O) groups excluding carboxylic acids is 2. The zero-order chi connectivity index (χ0) is 15.2. The highest BCUT2D eigenvalue weighted by atomic mass is 16.5. The van der Waals surface area contributed by atoms with Crippen molar-refractivity contribution < 1.29 is 14.3 Å². The van der Waals surface area contributed by atoms with Gasteiger partial charge in [0.15, 0.2) is 0 Å².